The number of ether oxygens (including phenoxy) is 1. The van der Waals surface area contributed by atoms with E-state index in [1.807, 2.05) is 30.9 Å². The molecule has 0 bridgehead atoms. The third kappa shape index (κ3) is 3.88. The van der Waals surface area contributed by atoms with Crippen LogP contribution in [0.15, 0.2) is 23.1 Å². The Balaban J connectivity index is 1.99. The Morgan fingerprint density at radius 2 is 2.41 bits per heavy atom. The number of rotatable bonds is 5. The van der Waals surface area contributed by atoms with Gasteiger partial charge in [0.05, 0.1) is 6.10 Å². The minimum atomic E-state index is 0.418. The van der Waals surface area contributed by atoms with Gasteiger partial charge in [-0.15, -0.1) is 11.8 Å². The van der Waals surface area contributed by atoms with E-state index in [0.717, 1.165) is 23.9 Å². The van der Waals surface area contributed by atoms with Crippen LogP contribution in [0.4, 0.5) is 0 Å². The molecular weight excluding hydrogens is 254 g/mol. The van der Waals surface area contributed by atoms with Crippen LogP contribution in [0.1, 0.15) is 18.4 Å². The molecule has 4 heteroatoms. The molecule has 1 unspecified atom stereocenters. The van der Waals surface area contributed by atoms with Crippen molar-refractivity contribution in [1.82, 2.24) is 5.32 Å². The van der Waals surface area contributed by atoms with Gasteiger partial charge in [0.2, 0.25) is 0 Å². The first-order valence-corrected chi connectivity index (χ1v) is 7.33. The van der Waals surface area contributed by atoms with Crippen molar-refractivity contribution in [3.05, 3.63) is 28.8 Å². The Bertz CT molecular complexity index is 366. The minimum absolute atomic E-state index is 0.418. The fourth-order valence-electron chi connectivity index (χ4n) is 1.96. The van der Waals surface area contributed by atoms with E-state index in [1.165, 1.54) is 23.3 Å². The van der Waals surface area contributed by atoms with Crippen LogP contribution in [0.25, 0.3) is 0 Å². The lowest BCUT2D eigenvalue weighted by atomic mass is 10.2. The molecule has 2 rings (SSSR count). The highest BCUT2D eigenvalue weighted by Gasteiger charge is 2.16. The summed E-state index contributed by atoms with van der Waals surface area (Å²) in [4.78, 5) is 1.27. The van der Waals surface area contributed by atoms with Gasteiger partial charge in [-0.2, -0.15) is 0 Å². The van der Waals surface area contributed by atoms with Crippen LogP contribution in [0.3, 0.4) is 0 Å². The zero-order chi connectivity index (χ0) is 12.1. The van der Waals surface area contributed by atoms with Crippen molar-refractivity contribution in [3.63, 3.8) is 0 Å². The van der Waals surface area contributed by atoms with Crippen molar-refractivity contribution < 1.29 is 4.74 Å². The molecule has 1 aliphatic rings. The van der Waals surface area contributed by atoms with E-state index >= 15 is 0 Å². The van der Waals surface area contributed by atoms with Gasteiger partial charge in [-0.05, 0) is 37.6 Å². The summed E-state index contributed by atoms with van der Waals surface area (Å²) >= 11 is 7.90. The molecule has 0 aromatic heterocycles. The molecule has 1 fully saturated rings. The first-order valence-electron chi connectivity index (χ1n) is 5.97. The molecule has 1 N–H and O–H groups in total. The number of nitrogens with one attached hydrogen (secondary N) is 1. The number of hydrogen-bond donors (Lipinski definition) is 1. The van der Waals surface area contributed by atoms with Crippen LogP contribution >= 0.6 is 23.4 Å². The summed E-state index contributed by atoms with van der Waals surface area (Å²) in [5.41, 5.74) is 1.31. The van der Waals surface area contributed by atoms with E-state index in [1.54, 1.807) is 0 Å². The maximum atomic E-state index is 6.05. The van der Waals surface area contributed by atoms with Crippen molar-refractivity contribution in [1.29, 1.82) is 0 Å². The van der Waals surface area contributed by atoms with Gasteiger partial charge >= 0.3 is 0 Å². The summed E-state index contributed by atoms with van der Waals surface area (Å²) in [5.74, 6) is 1.02. The number of hydrogen-bond acceptors (Lipinski definition) is 3. The Kier molecular flexibility index (Phi) is 5.16. The van der Waals surface area contributed by atoms with Gasteiger partial charge in [0.25, 0.3) is 0 Å². The zero-order valence-electron chi connectivity index (χ0n) is 10.0. The third-order valence-electron chi connectivity index (χ3n) is 2.85. The second-order valence-electron chi connectivity index (χ2n) is 4.23. The summed E-state index contributed by atoms with van der Waals surface area (Å²) < 4.78 is 5.64. The van der Waals surface area contributed by atoms with Crippen molar-refractivity contribution in [2.24, 2.45) is 0 Å². The number of benzene rings is 1. The quantitative estimate of drug-likeness (QED) is 0.830. The van der Waals surface area contributed by atoms with Gasteiger partial charge in [-0.25, -0.2) is 0 Å². The van der Waals surface area contributed by atoms with E-state index in [-0.39, 0.29) is 0 Å². The SMILES string of the molecule is CNCc1ccc(Cl)cc1SCC1CCCO1. The lowest BCUT2D eigenvalue weighted by molar-refractivity contribution is 0.129. The Labute approximate surface area is 112 Å². The van der Waals surface area contributed by atoms with E-state index in [0.29, 0.717) is 6.10 Å². The maximum Gasteiger partial charge on any atom is 0.0669 e. The highest BCUT2D eigenvalue weighted by Crippen LogP contribution is 2.29. The van der Waals surface area contributed by atoms with Gasteiger partial charge in [0.1, 0.15) is 0 Å². The predicted octanol–water partition coefficient (Wildman–Crippen LogP) is 3.33. The lowest BCUT2D eigenvalue weighted by Crippen LogP contribution is -2.09. The Morgan fingerprint density at radius 1 is 1.53 bits per heavy atom. The van der Waals surface area contributed by atoms with Crippen molar-refractivity contribution in [2.75, 3.05) is 19.4 Å². The van der Waals surface area contributed by atoms with Crippen molar-refractivity contribution in [2.45, 2.75) is 30.4 Å². The molecule has 17 heavy (non-hydrogen) atoms. The van der Waals surface area contributed by atoms with Crippen LogP contribution in [0.2, 0.25) is 5.02 Å². The fourth-order valence-corrected chi connectivity index (χ4v) is 3.36. The molecule has 1 aliphatic heterocycles. The molecule has 1 atom stereocenters. The summed E-state index contributed by atoms with van der Waals surface area (Å²) in [7, 11) is 1.96. The van der Waals surface area contributed by atoms with Gasteiger partial charge in [0, 0.05) is 28.8 Å². The van der Waals surface area contributed by atoms with Crippen molar-refractivity contribution >= 4 is 23.4 Å². The third-order valence-corrected chi connectivity index (χ3v) is 4.31. The highest BCUT2D eigenvalue weighted by molar-refractivity contribution is 7.99. The van der Waals surface area contributed by atoms with Crippen molar-refractivity contribution in [3.8, 4) is 0 Å². The smallest absolute Gasteiger partial charge is 0.0669 e. The average Bonchev–Trinajstić information content (AvgIpc) is 2.82. The van der Waals surface area contributed by atoms with Crippen LogP contribution in [0, 0.1) is 0 Å². The molecule has 1 aromatic rings. The van der Waals surface area contributed by atoms with E-state index < -0.39 is 0 Å². The van der Waals surface area contributed by atoms with Gasteiger partial charge in [-0.3, -0.25) is 0 Å². The molecule has 1 heterocycles. The predicted molar refractivity (Wildman–Crippen MR) is 73.9 cm³/mol. The minimum Gasteiger partial charge on any atom is -0.377 e. The lowest BCUT2D eigenvalue weighted by Gasteiger charge is -2.12. The topological polar surface area (TPSA) is 21.3 Å². The second kappa shape index (κ2) is 6.64. The van der Waals surface area contributed by atoms with E-state index in [4.69, 9.17) is 16.3 Å². The van der Waals surface area contributed by atoms with Gasteiger partial charge in [0.15, 0.2) is 0 Å². The molecular formula is C13H18ClNOS. The largest absolute Gasteiger partial charge is 0.377 e. The molecule has 2 nitrogen and oxygen atoms in total. The monoisotopic (exact) mass is 271 g/mol. The molecule has 0 spiro atoms. The summed E-state index contributed by atoms with van der Waals surface area (Å²) in [6, 6.07) is 6.09. The van der Waals surface area contributed by atoms with Gasteiger partial charge in [-0.1, -0.05) is 17.7 Å². The highest BCUT2D eigenvalue weighted by atomic mass is 35.5. The van der Waals surface area contributed by atoms with Gasteiger partial charge < -0.3 is 10.1 Å². The molecule has 0 amide bonds. The maximum absolute atomic E-state index is 6.05. The van der Waals surface area contributed by atoms with Crippen LogP contribution in [-0.2, 0) is 11.3 Å². The normalized spacial score (nSPS) is 19.8. The summed E-state index contributed by atoms with van der Waals surface area (Å²) in [6.45, 7) is 1.80. The zero-order valence-corrected chi connectivity index (χ0v) is 11.6. The molecule has 0 radical (unpaired) electrons. The fraction of sp³-hybridized carbons (Fsp3) is 0.538. The standard InChI is InChI=1S/C13H18ClNOS/c1-15-8-10-4-5-11(14)7-13(10)17-9-12-3-2-6-16-12/h4-5,7,12,15H,2-3,6,8-9H2,1H3. The molecule has 0 aliphatic carbocycles. The Morgan fingerprint density at radius 3 is 3.12 bits per heavy atom. The van der Waals surface area contributed by atoms with Crippen LogP contribution in [-0.4, -0.2) is 25.5 Å². The van der Waals surface area contributed by atoms with Crippen LogP contribution < -0.4 is 5.32 Å². The number of halogens is 1. The second-order valence-corrected chi connectivity index (χ2v) is 5.73. The van der Waals surface area contributed by atoms with E-state index in [2.05, 4.69) is 11.4 Å². The molecule has 1 saturated heterocycles. The van der Waals surface area contributed by atoms with E-state index in [9.17, 15) is 0 Å². The summed E-state index contributed by atoms with van der Waals surface area (Å²) in [5, 5.41) is 3.99. The first kappa shape index (κ1) is 13.2. The number of thioether (sulfide) groups is 1. The Hall–Kier alpha value is -0.220. The molecule has 94 valence electrons. The first-order chi connectivity index (χ1) is 8.29. The molecule has 1 aromatic carbocycles. The average molecular weight is 272 g/mol. The molecule has 0 saturated carbocycles. The summed E-state index contributed by atoms with van der Waals surface area (Å²) in [6.07, 6.45) is 2.81. The van der Waals surface area contributed by atoms with Crippen LogP contribution in [0.5, 0.6) is 0 Å².